The lowest BCUT2D eigenvalue weighted by molar-refractivity contribution is -0.124. The van der Waals surface area contributed by atoms with Gasteiger partial charge in [-0.2, -0.15) is 0 Å². The standard InChI is InChI=1S/C17H16ClFN2O4S.C3H4N2S.2H2/c18-15-6-3-13(7-16(15)19)25-10-17(22)20-11-8-21(9-11)12-1-4-14(5-2-12)26(23)24;4-3-5-1-2-6-3;;/h1-7,11H,8-10H2,(H,20,22)(H,23,24);1-2H,(H2,4,5);2*1H/p-1. The van der Waals surface area contributed by atoms with Gasteiger partial charge in [-0.05, 0) is 47.5 Å². The molecule has 3 aromatic rings. The van der Waals surface area contributed by atoms with Crippen LogP contribution in [0.5, 0.6) is 5.75 Å². The molecule has 0 saturated carbocycles. The van der Waals surface area contributed by atoms with E-state index in [1.54, 1.807) is 18.3 Å². The van der Waals surface area contributed by atoms with E-state index < -0.39 is 16.9 Å². The van der Waals surface area contributed by atoms with E-state index in [9.17, 15) is 17.9 Å². The second-order valence-corrected chi connectivity index (χ2v) is 8.91. The number of hydrogen-bond acceptors (Lipinski definition) is 8. The predicted octanol–water partition coefficient (Wildman–Crippen LogP) is 3.32. The zero-order valence-corrected chi connectivity index (χ0v) is 19.0. The van der Waals surface area contributed by atoms with Crippen LogP contribution in [0.4, 0.5) is 15.2 Å². The number of nitrogen functional groups attached to an aromatic ring is 1. The van der Waals surface area contributed by atoms with Gasteiger partial charge in [-0.1, -0.05) is 11.6 Å². The molecule has 1 fully saturated rings. The number of nitrogens with one attached hydrogen (secondary N) is 1. The molecule has 1 aromatic heterocycles. The van der Waals surface area contributed by atoms with E-state index in [2.05, 4.69) is 10.3 Å². The average Bonchev–Trinajstić information content (AvgIpc) is 3.23. The molecule has 2 heterocycles. The Bertz CT molecular complexity index is 1070. The fraction of sp³-hybridized carbons (Fsp3) is 0.200. The number of halogens is 2. The lowest BCUT2D eigenvalue weighted by Gasteiger charge is -2.41. The van der Waals surface area contributed by atoms with Crippen LogP contribution in [-0.2, 0) is 15.9 Å². The van der Waals surface area contributed by atoms with E-state index in [0.717, 1.165) is 11.8 Å². The zero-order chi connectivity index (χ0) is 23.1. The molecule has 3 N–H and O–H groups in total. The highest BCUT2D eigenvalue weighted by Gasteiger charge is 2.28. The van der Waals surface area contributed by atoms with Crippen LogP contribution in [0.1, 0.15) is 2.85 Å². The van der Waals surface area contributed by atoms with Gasteiger partial charge in [0.2, 0.25) is 0 Å². The quantitative estimate of drug-likeness (QED) is 0.497. The van der Waals surface area contributed by atoms with E-state index in [0.29, 0.717) is 18.2 Å². The molecule has 1 amide bonds. The normalized spacial score (nSPS) is 14.0. The maximum Gasteiger partial charge on any atom is 0.258 e. The Balaban J connectivity index is 0.000000631. The van der Waals surface area contributed by atoms with E-state index in [-0.39, 0.29) is 37.1 Å². The Kier molecular flexibility index (Phi) is 8.39. The molecule has 4 rings (SSSR count). The van der Waals surface area contributed by atoms with Crippen molar-refractivity contribution in [3.05, 3.63) is 64.9 Å². The first kappa shape index (κ1) is 23.9. The van der Waals surface area contributed by atoms with E-state index in [4.69, 9.17) is 22.1 Å². The van der Waals surface area contributed by atoms with Crippen LogP contribution in [0.2, 0.25) is 5.02 Å². The summed E-state index contributed by atoms with van der Waals surface area (Å²) in [6.07, 6.45) is 1.68. The van der Waals surface area contributed by atoms with E-state index >= 15 is 0 Å². The first-order chi connectivity index (χ1) is 15.3. The Labute approximate surface area is 198 Å². The van der Waals surface area contributed by atoms with Gasteiger partial charge in [0.15, 0.2) is 11.7 Å². The number of benzene rings is 2. The molecule has 0 aliphatic carbocycles. The SMILES string of the molecule is Nc1nccs1.O=C(COc1ccc(Cl)c(F)c1)NC1CN(c2ccc(S(=O)[O-])cc2)C1.[HH].[HH]. The van der Waals surface area contributed by atoms with Crippen LogP contribution in [0.15, 0.2) is 58.9 Å². The van der Waals surface area contributed by atoms with Crippen molar-refractivity contribution in [3.8, 4) is 5.75 Å². The molecule has 8 nitrogen and oxygen atoms in total. The highest BCUT2D eigenvalue weighted by Crippen LogP contribution is 2.22. The summed E-state index contributed by atoms with van der Waals surface area (Å²) in [6, 6.07) is 10.5. The molecule has 1 aliphatic rings. The molecule has 1 aliphatic heterocycles. The Hall–Kier alpha value is -2.73. The van der Waals surface area contributed by atoms with Crippen molar-refractivity contribution in [1.82, 2.24) is 10.3 Å². The number of anilines is 2. The molecule has 0 radical (unpaired) electrons. The summed E-state index contributed by atoms with van der Waals surface area (Å²) in [5, 5.41) is 5.29. The first-order valence-corrected chi connectivity index (χ1v) is 11.6. The minimum absolute atomic E-state index is 0. The van der Waals surface area contributed by atoms with Crippen LogP contribution in [0, 0.1) is 5.82 Å². The summed E-state index contributed by atoms with van der Waals surface area (Å²) in [5.41, 5.74) is 6.07. The van der Waals surface area contributed by atoms with Gasteiger partial charge in [0, 0.05) is 44.2 Å². The summed E-state index contributed by atoms with van der Waals surface area (Å²) < 4.78 is 40.2. The molecular weight excluding hydrogens is 479 g/mol. The Morgan fingerprint density at radius 2 is 2.09 bits per heavy atom. The highest BCUT2D eigenvalue weighted by atomic mass is 35.5. The minimum Gasteiger partial charge on any atom is -0.768 e. The van der Waals surface area contributed by atoms with Gasteiger partial charge in [-0.25, -0.2) is 9.37 Å². The van der Waals surface area contributed by atoms with Crippen molar-refractivity contribution in [1.29, 1.82) is 0 Å². The van der Waals surface area contributed by atoms with Crippen molar-refractivity contribution >= 4 is 50.7 Å². The zero-order valence-electron chi connectivity index (χ0n) is 16.6. The maximum atomic E-state index is 13.3. The summed E-state index contributed by atoms with van der Waals surface area (Å²) in [6.45, 7) is 1.00. The predicted molar refractivity (Wildman–Crippen MR) is 125 cm³/mol. The van der Waals surface area contributed by atoms with Crippen LogP contribution < -0.4 is 20.7 Å². The Morgan fingerprint density at radius 3 is 2.62 bits per heavy atom. The number of nitrogens with two attached hydrogens (primary N) is 1. The molecule has 174 valence electrons. The van der Waals surface area contributed by atoms with Crippen LogP contribution in [-0.4, -0.2) is 45.4 Å². The minimum atomic E-state index is -2.24. The van der Waals surface area contributed by atoms with Gasteiger partial charge >= 0.3 is 0 Å². The number of rotatable bonds is 6. The number of carbonyl (C=O) groups excluding carboxylic acids is 1. The van der Waals surface area contributed by atoms with Gasteiger partial charge in [0.1, 0.15) is 11.6 Å². The van der Waals surface area contributed by atoms with Crippen molar-refractivity contribution in [3.63, 3.8) is 0 Å². The second-order valence-electron chi connectivity index (χ2n) is 6.63. The fourth-order valence-electron chi connectivity index (χ4n) is 2.77. The topological polar surface area (TPSA) is 121 Å². The third kappa shape index (κ3) is 6.89. The molecule has 1 atom stereocenters. The number of thiazole rings is 1. The number of hydrogen-bond donors (Lipinski definition) is 2. The van der Waals surface area contributed by atoms with Crippen molar-refractivity contribution in [2.75, 3.05) is 30.3 Å². The molecule has 12 heteroatoms. The summed E-state index contributed by atoms with van der Waals surface area (Å²) in [4.78, 5) is 17.8. The monoisotopic (exact) mass is 501 g/mol. The number of carbonyl (C=O) groups is 1. The van der Waals surface area contributed by atoms with Gasteiger partial charge in [-0.15, -0.1) is 11.3 Å². The molecular formula is C20H23ClFN4O4S2-. The third-order valence-corrected chi connectivity index (χ3v) is 5.92. The van der Waals surface area contributed by atoms with Gasteiger partial charge in [0.05, 0.1) is 11.1 Å². The number of amides is 1. The van der Waals surface area contributed by atoms with Gasteiger partial charge < -0.3 is 25.2 Å². The van der Waals surface area contributed by atoms with Crippen LogP contribution in [0.3, 0.4) is 0 Å². The summed E-state index contributed by atoms with van der Waals surface area (Å²) >= 11 is 4.79. The number of nitrogens with zero attached hydrogens (tertiary/aromatic N) is 2. The first-order valence-electron chi connectivity index (χ1n) is 9.28. The number of ether oxygens (including phenoxy) is 1. The second kappa shape index (κ2) is 11.2. The molecule has 0 spiro atoms. The summed E-state index contributed by atoms with van der Waals surface area (Å²) in [5.74, 6) is -0.679. The fourth-order valence-corrected chi connectivity index (χ4v) is 3.63. The van der Waals surface area contributed by atoms with Gasteiger partial charge in [0.25, 0.3) is 5.91 Å². The van der Waals surface area contributed by atoms with Crippen molar-refractivity contribution < 1.29 is 25.5 Å². The van der Waals surface area contributed by atoms with Crippen LogP contribution in [0.25, 0.3) is 0 Å². The van der Waals surface area contributed by atoms with Gasteiger partial charge in [-0.3, -0.25) is 9.00 Å². The Morgan fingerprint density at radius 1 is 1.38 bits per heavy atom. The molecule has 2 aromatic carbocycles. The smallest absolute Gasteiger partial charge is 0.258 e. The lowest BCUT2D eigenvalue weighted by Crippen LogP contribution is -2.60. The third-order valence-electron chi connectivity index (χ3n) is 4.35. The average molecular weight is 502 g/mol. The molecule has 0 bridgehead atoms. The van der Waals surface area contributed by atoms with E-state index in [1.807, 2.05) is 10.3 Å². The molecule has 1 saturated heterocycles. The highest BCUT2D eigenvalue weighted by molar-refractivity contribution is 7.79. The van der Waals surface area contributed by atoms with Crippen molar-refractivity contribution in [2.45, 2.75) is 10.9 Å². The largest absolute Gasteiger partial charge is 0.768 e. The maximum absolute atomic E-state index is 13.3. The summed E-state index contributed by atoms with van der Waals surface area (Å²) in [7, 11) is 0. The molecule has 1 unspecified atom stereocenters. The van der Waals surface area contributed by atoms with E-state index in [1.165, 1.54) is 35.6 Å². The number of aromatic nitrogens is 1. The van der Waals surface area contributed by atoms with Crippen molar-refractivity contribution in [2.24, 2.45) is 0 Å². The lowest BCUT2D eigenvalue weighted by atomic mass is 10.1. The molecule has 32 heavy (non-hydrogen) atoms. The van der Waals surface area contributed by atoms with Crippen LogP contribution >= 0.6 is 22.9 Å².